The molecule has 0 aliphatic carbocycles. The number of nitrogens with zero attached hydrogens (tertiary/aromatic N) is 3. The number of carbonyl (C=O) groups is 1. The van der Waals surface area contributed by atoms with Crippen LogP contribution >= 0.6 is 11.8 Å². The number of hydrogen-bond donors (Lipinski definition) is 1. The third kappa shape index (κ3) is 6.81. The Kier molecular flexibility index (Phi) is 7.68. The van der Waals surface area contributed by atoms with E-state index < -0.39 is 10.7 Å². The molecule has 0 spiro atoms. The lowest BCUT2D eigenvalue weighted by atomic mass is 10.1. The zero-order chi connectivity index (χ0) is 24.8. The normalized spacial score (nSPS) is 11.7. The summed E-state index contributed by atoms with van der Waals surface area (Å²) in [5.41, 5.74) is 5.23. The van der Waals surface area contributed by atoms with Crippen molar-refractivity contribution in [3.63, 3.8) is 0 Å². The Morgan fingerprint density at radius 3 is 2.40 bits per heavy atom. The monoisotopic (exact) mass is 487 g/mol. The second-order valence-corrected chi connectivity index (χ2v) is 10.7. The number of thioether (sulfide) groups is 1. The highest BCUT2D eigenvalue weighted by molar-refractivity contribution is 8.01. The molecule has 6 nitrogen and oxygen atoms in total. The van der Waals surface area contributed by atoms with Gasteiger partial charge in [0.1, 0.15) is 16.8 Å². The van der Waals surface area contributed by atoms with Gasteiger partial charge in [0.15, 0.2) is 0 Å². The van der Waals surface area contributed by atoms with Gasteiger partial charge in [0.2, 0.25) is 0 Å². The highest BCUT2D eigenvalue weighted by Crippen LogP contribution is 2.33. The Balaban J connectivity index is 1.51. The van der Waals surface area contributed by atoms with Gasteiger partial charge in [0, 0.05) is 23.5 Å². The SMILES string of the molecule is Cc1ccc(-c2cc(CN(Cc3ccc(SC(C)(C)C(=O)O)cc3)Cc3ccco3)ncn2)cc1. The summed E-state index contributed by atoms with van der Waals surface area (Å²) in [6.07, 6.45) is 3.30. The molecule has 0 bridgehead atoms. The van der Waals surface area contributed by atoms with E-state index in [4.69, 9.17) is 4.42 Å². The van der Waals surface area contributed by atoms with Crippen molar-refractivity contribution >= 4 is 17.7 Å². The Morgan fingerprint density at radius 1 is 1.00 bits per heavy atom. The number of aryl methyl sites for hydroxylation is 1. The molecule has 180 valence electrons. The number of hydrogen-bond acceptors (Lipinski definition) is 6. The molecular weight excluding hydrogens is 458 g/mol. The van der Waals surface area contributed by atoms with Crippen molar-refractivity contribution in [2.75, 3.05) is 0 Å². The average Bonchev–Trinajstić information content (AvgIpc) is 3.34. The summed E-state index contributed by atoms with van der Waals surface area (Å²) in [5, 5.41) is 9.40. The van der Waals surface area contributed by atoms with Gasteiger partial charge in [-0.1, -0.05) is 42.0 Å². The Labute approximate surface area is 210 Å². The van der Waals surface area contributed by atoms with E-state index in [1.165, 1.54) is 17.3 Å². The summed E-state index contributed by atoms with van der Waals surface area (Å²) in [4.78, 5) is 23.6. The lowest BCUT2D eigenvalue weighted by molar-refractivity contribution is -0.138. The van der Waals surface area contributed by atoms with Crippen molar-refractivity contribution in [3.05, 3.63) is 102 Å². The molecule has 0 unspecified atom stereocenters. The van der Waals surface area contributed by atoms with E-state index in [9.17, 15) is 9.90 Å². The van der Waals surface area contributed by atoms with E-state index in [1.807, 2.05) is 42.5 Å². The first-order valence-corrected chi connectivity index (χ1v) is 12.2. The third-order valence-corrected chi connectivity index (χ3v) is 6.83. The molecule has 1 N–H and O–H groups in total. The smallest absolute Gasteiger partial charge is 0.319 e. The molecule has 0 saturated carbocycles. The lowest BCUT2D eigenvalue weighted by Gasteiger charge is -2.22. The van der Waals surface area contributed by atoms with Gasteiger partial charge in [-0.25, -0.2) is 9.97 Å². The van der Waals surface area contributed by atoms with E-state index in [2.05, 4.69) is 46.1 Å². The molecule has 0 aliphatic rings. The number of carboxylic acids is 1. The van der Waals surface area contributed by atoms with Gasteiger partial charge in [0.05, 0.1) is 24.2 Å². The molecule has 0 radical (unpaired) electrons. The second kappa shape index (κ2) is 10.9. The number of benzene rings is 2. The van der Waals surface area contributed by atoms with E-state index in [1.54, 1.807) is 26.4 Å². The second-order valence-electron chi connectivity index (χ2n) is 9.05. The molecule has 2 aromatic carbocycles. The van der Waals surface area contributed by atoms with E-state index >= 15 is 0 Å². The molecule has 0 aliphatic heterocycles. The van der Waals surface area contributed by atoms with Crippen LogP contribution in [0.5, 0.6) is 0 Å². The van der Waals surface area contributed by atoms with Crippen LogP contribution in [0.1, 0.15) is 36.4 Å². The lowest BCUT2D eigenvalue weighted by Crippen LogP contribution is -2.26. The first-order chi connectivity index (χ1) is 16.8. The van der Waals surface area contributed by atoms with Crippen molar-refractivity contribution in [2.45, 2.75) is 50.0 Å². The summed E-state index contributed by atoms with van der Waals surface area (Å²) < 4.78 is 4.73. The average molecular weight is 488 g/mol. The quantitative estimate of drug-likeness (QED) is 0.267. The molecule has 0 atom stereocenters. The van der Waals surface area contributed by atoms with E-state index in [-0.39, 0.29) is 0 Å². The molecule has 35 heavy (non-hydrogen) atoms. The van der Waals surface area contributed by atoms with Crippen molar-refractivity contribution in [1.82, 2.24) is 14.9 Å². The van der Waals surface area contributed by atoms with Gasteiger partial charge in [-0.3, -0.25) is 9.69 Å². The number of aliphatic carboxylic acids is 1. The largest absolute Gasteiger partial charge is 0.480 e. The Morgan fingerprint density at radius 2 is 1.74 bits per heavy atom. The summed E-state index contributed by atoms with van der Waals surface area (Å²) in [5.74, 6) is 0.0549. The fourth-order valence-corrected chi connectivity index (χ4v) is 4.59. The Bertz CT molecular complexity index is 1250. The summed E-state index contributed by atoms with van der Waals surface area (Å²) in [7, 11) is 0. The number of rotatable bonds is 10. The van der Waals surface area contributed by atoms with Crippen molar-refractivity contribution in [3.8, 4) is 11.3 Å². The number of furan rings is 1. The zero-order valence-corrected chi connectivity index (χ0v) is 21.0. The first-order valence-electron chi connectivity index (χ1n) is 11.4. The predicted octanol–water partition coefficient (Wildman–Crippen LogP) is 6.20. The highest BCUT2D eigenvalue weighted by atomic mass is 32.2. The van der Waals surface area contributed by atoms with Crippen LogP contribution in [0.4, 0.5) is 0 Å². The van der Waals surface area contributed by atoms with Crippen LogP contribution in [0, 0.1) is 6.92 Å². The van der Waals surface area contributed by atoms with Gasteiger partial charge in [-0.15, -0.1) is 11.8 Å². The van der Waals surface area contributed by atoms with Crippen molar-refractivity contribution in [2.24, 2.45) is 0 Å². The van der Waals surface area contributed by atoms with Crippen LogP contribution in [0.2, 0.25) is 0 Å². The molecule has 0 fully saturated rings. The van der Waals surface area contributed by atoms with Crippen LogP contribution < -0.4 is 0 Å². The maximum atomic E-state index is 11.4. The summed E-state index contributed by atoms with van der Waals surface area (Å²) in [6.45, 7) is 7.46. The number of carboxylic acid groups (broad SMARTS) is 1. The third-order valence-electron chi connectivity index (χ3n) is 5.63. The minimum absolute atomic E-state index is 0.630. The molecule has 4 rings (SSSR count). The molecular formula is C28H29N3O3S. The standard InChI is InChI=1S/C28H29N3O3S/c1-20-6-10-22(11-7-20)26-15-23(29-19-30-26)17-31(18-24-5-4-14-34-24)16-21-8-12-25(13-9-21)35-28(2,3)27(32)33/h4-15,19H,16-18H2,1-3H3,(H,32,33). The van der Waals surface area contributed by atoms with Crippen molar-refractivity contribution < 1.29 is 14.3 Å². The molecule has 0 saturated heterocycles. The summed E-state index contributed by atoms with van der Waals surface area (Å²) in [6, 6.07) is 22.3. The molecule has 0 amide bonds. The van der Waals surface area contributed by atoms with Gasteiger partial charge >= 0.3 is 5.97 Å². The van der Waals surface area contributed by atoms with Gasteiger partial charge in [0.25, 0.3) is 0 Å². The highest BCUT2D eigenvalue weighted by Gasteiger charge is 2.28. The van der Waals surface area contributed by atoms with Crippen LogP contribution in [0.15, 0.2) is 88.6 Å². The maximum absolute atomic E-state index is 11.4. The van der Waals surface area contributed by atoms with Gasteiger partial charge in [-0.05, 0) is 56.7 Å². The minimum Gasteiger partial charge on any atom is -0.480 e. The molecule has 2 aromatic heterocycles. The molecule has 2 heterocycles. The van der Waals surface area contributed by atoms with Crippen LogP contribution in [0.3, 0.4) is 0 Å². The molecule has 4 aromatic rings. The van der Waals surface area contributed by atoms with E-state index in [0.717, 1.165) is 33.2 Å². The fourth-order valence-electron chi connectivity index (χ4n) is 3.65. The van der Waals surface area contributed by atoms with Crippen LogP contribution in [0.25, 0.3) is 11.3 Å². The first kappa shape index (κ1) is 24.7. The zero-order valence-electron chi connectivity index (χ0n) is 20.1. The van der Waals surface area contributed by atoms with Gasteiger partial charge < -0.3 is 9.52 Å². The topological polar surface area (TPSA) is 79.5 Å². The molecule has 7 heteroatoms. The minimum atomic E-state index is -0.880. The maximum Gasteiger partial charge on any atom is 0.319 e. The van der Waals surface area contributed by atoms with Crippen LogP contribution in [-0.4, -0.2) is 30.7 Å². The van der Waals surface area contributed by atoms with Crippen molar-refractivity contribution in [1.29, 1.82) is 0 Å². The summed E-state index contributed by atoms with van der Waals surface area (Å²) >= 11 is 1.34. The Hall–Kier alpha value is -3.42. The van der Waals surface area contributed by atoms with E-state index in [0.29, 0.717) is 19.6 Å². The fraction of sp³-hybridized carbons (Fsp3) is 0.250. The van der Waals surface area contributed by atoms with Crippen LogP contribution in [-0.2, 0) is 24.4 Å². The van der Waals surface area contributed by atoms with Gasteiger partial charge in [-0.2, -0.15) is 0 Å². The predicted molar refractivity (Wildman–Crippen MR) is 138 cm³/mol. The number of aromatic nitrogens is 2.